The third-order valence-corrected chi connectivity index (χ3v) is 5.82. The molecule has 0 aliphatic heterocycles. The molecular formula is C26H21ClF2N6. The molecule has 0 fully saturated rings. The number of alkyl halides is 3. The first kappa shape index (κ1) is 22.7. The predicted molar refractivity (Wildman–Crippen MR) is 135 cm³/mol. The van der Waals surface area contributed by atoms with E-state index in [9.17, 15) is 8.78 Å². The first-order valence-corrected chi connectivity index (χ1v) is 11.2. The molecule has 0 saturated carbocycles. The smallest absolute Gasteiger partial charge is 0.338 e. The highest BCUT2D eigenvalue weighted by atomic mass is 35.5. The second-order valence-electron chi connectivity index (χ2n) is 8.19. The zero-order valence-electron chi connectivity index (χ0n) is 18.8. The van der Waals surface area contributed by atoms with Crippen molar-refractivity contribution in [1.82, 2.24) is 24.4 Å². The summed E-state index contributed by atoms with van der Waals surface area (Å²) < 4.78 is 31.4. The standard InChI is InChI=1S/C26H21ClF2N6/c1-16(2)20-15-30-34(19-11-5-4-6-12-19)25(20)31-17(3)21-14-24-32-22(18-9-7-8-10-18)13-23(26(27,28)29)35(24)33-21/h4-9,11-15,31H,1,3,10H2,2H3. The molecule has 9 heteroatoms. The quantitative estimate of drug-likeness (QED) is 0.294. The average molecular weight is 491 g/mol. The molecule has 3 heterocycles. The van der Waals surface area contributed by atoms with Gasteiger partial charge < -0.3 is 5.32 Å². The minimum Gasteiger partial charge on any atom is -0.338 e. The van der Waals surface area contributed by atoms with Crippen molar-refractivity contribution >= 4 is 39.9 Å². The summed E-state index contributed by atoms with van der Waals surface area (Å²) in [5.74, 6) is 0.629. The van der Waals surface area contributed by atoms with Crippen LogP contribution in [0.15, 0.2) is 80.0 Å². The first-order chi connectivity index (χ1) is 16.7. The lowest BCUT2D eigenvalue weighted by molar-refractivity contribution is 0.0871. The Morgan fingerprint density at radius 1 is 1.17 bits per heavy atom. The summed E-state index contributed by atoms with van der Waals surface area (Å²) in [6.45, 7) is 10.0. The van der Waals surface area contributed by atoms with Gasteiger partial charge in [-0.15, -0.1) is 0 Å². The molecular weight excluding hydrogens is 470 g/mol. The van der Waals surface area contributed by atoms with E-state index < -0.39 is 11.1 Å². The third kappa shape index (κ3) is 4.28. The van der Waals surface area contributed by atoms with Gasteiger partial charge in [-0.3, -0.25) is 0 Å². The van der Waals surface area contributed by atoms with Gasteiger partial charge in [-0.2, -0.15) is 19.0 Å². The second-order valence-corrected chi connectivity index (χ2v) is 8.66. The van der Waals surface area contributed by atoms with Gasteiger partial charge in [0, 0.05) is 11.6 Å². The molecule has 6 nitrogen and oxygen atoms in total. The lowest BCUT2D eigenvalue weighted by Crippen LogP contribution is -2.13. The van der Waals surface area contributed by atoms with E-state index in [2.05, 4.69) is 33.7 Å². The van der Waals surface area contributed by atoms with Gasteiger partial charge >= 0.3 is 5.38 Å². The number of nitrogens with zero attached hydrogens (tertiary/aromatic N) is 5. The maximum absolute atomic E-state index is 14.3. The van der Waals surface area contributed by atoms with Crippen LogP contribution in [0.1, 0.15) is 36.0 Å². The number of aromatic nitrogens is 5. The lowest BCUT2D eigenvalue weighted by Gasteiger charge is -2.13. The monoisotopic (exact) mass is 490 g/mol. The zero-order valence-corrected chi connectivity index (χ0v) is 19.6. The summed E-state index contributed by atoms with van der Waals surface area (Å²) in [4.78, 5) is 4.54. The fourth-order valence-corrected chi connectivity index (χ4v) is 4.01. The Bertz CT molecular complexity index is 1520. The number of anilines is 1. The second kappa shape index (κ2) is 8.63. The van der Waals surface area contributed by atoms with E-state index in [-0.39, 0.29) is 5.65 Å². The van der Waals surface area contributed by atoms with Crippen molar-refractivity contribution in [2.75, 3.05) is 5.32 Å². The highest BCUT2D eigenvalue weighted by Gasteiger charge is 2.33. The van der Waals surface area contributed by atoms with Crippen LogP contribution in [-0.4, -0.2) is 24.4 Å². The van der Waals surface area contributed by atoms with Crippen molar-refractivity contribution in [1.29, 1.82) is 0 Å². The van der Waals surface area contributed by atoms with Gasteiger partial charge in [0.05, 0.1) is 23.3 Å². The van der Waals surface area contributed by atoms with Gasteiger partial charge in [-0.05, 0) is 54.3 Å². The molecule has 3 aromatic heterocycles. The number of hydrogen-bond donors (Lipinski definition) is 1. The average Bonchev–Trinajstić information content (AvgIpc) is 3.57. The number of allylic oxidation sites excluding steroid dienone is 5. The minimum absolute atomic E-state index is 0.236. The van der Waals surface area contributed by atoms with Gasteiger partial charge in [-0.1, -0.05) is 49.6 Å². The van der Waals surface area contributed by atoms with Crippen LogP contribution in [0.25, 0.3) is 28.2 Å². The molecule has 35 heavy (non-hydrogen) atoms. The molecule has 0 amide bonds. The molecule has 0 saturated heterocycles. The molecule has 0 atom stereocenters. The molecule has 0 unspecified atom stereocenters. The lowest BCUT2D eigenvalue weighted by atomic mass is 10.1. The summed E-state index contributed by atoms with van der Waals surface area (Å²) >= 11 is 5.45. The Balaban J connectivity index is 1.56. The molecule has 1 aliphatic rings. The van der Waals surface area contributed by atoms with Gasteiger partial charge in [0.1, 0.15) is 17.2 Å². The van der Waals surface area contributed by atoms with Crippen molar-refractivity contribution < 1.29 is 8.78 Å². The van der Waals surface area contributed by atoms with Crippen LogP contribution in [0.4, 0.5) is 14.6 Å². The Kier molecular flexibility index (Phi) is 5.61. The van der Waals surface area contributed by atoms with E-state index in [1.165, 1.54) is 6.07 Å². The number of para-hydroxylation sites is 1. The van der Waals surface area contributed by atoms with Crippen molar-refractivity contribution in [2.45, 2.75) is 18.7 Å². The van der Waals surface area contributed by atoms with Crippen LogP contribution in [0, 0.1) is 0 Å². The molecule has 4 aromatic rings. The van der Waals surface area contributed by atoms with E-state index in [0.717, 1.165) is 26.9 Å². The van der Waals surface area contributed by atoms with E-state index in [1.807, 2.05) is 55.5 Å². The minimum atomic E-state index is -3.64. The molecule has 5 rings (SSSR count). The van der Waals surface area contributed by atoms with E-state index in [0.29, 0.717) is 29.3 Å². The van der Waals surface area contributed by atoms with Crippen LogP contribution in [0.2, 0.25) is 0 Å². The van der Waals surface area contributed by atoms with Crippen LogP contribution in [-0.2, 0) is 5.38 Å². The van der Waals surface area contributed by atoms with Crippen molar-refractivity contribution in [3.63, 3.8) is 0 Å². The van der Waals surface area contributed by atoms with E-state index in [1.54, 1.807) is 16.9 Å². The summed E-state index contributed by atoms with van der Waals surface area (Å²) in [6.07, 6.45) is 7.96. The summed E-state index contributed by atoms with van der Waals surface area (Å²) in [6, 6.07) is 12.4. The Morgan fingerprint density at radius 2 is 1.94 bits per heavy atom. The number of hydrogen-bond acceptors (Lipinski definition) is 4. The van der Waals surface area contributed by atoms with Crippen LogP contribution < -0.4 is 5.32 Å². The Labute approximate surface area is 205 Å². The topological polar surface area (TPSA) is 60.0 Å². The fourth-order valence-electron chi connectivity index (χ4n) is 3.88. The van der Waals surface area contributed by atoms with Crippen LogP contribution in [0.3, 0.4) is 0 Å². The normalized spacial score (nSPS) is 13.3. The predicted octanol–water partition coefficient (Wildman–Crippen LogP) is 6.66. The summed E-state index contributed by atoms with van der Waals surface area (Å²) in [7, 11) is 0. The Hall–Kier alpha value is -4.04. The van der Waals surface area contributed by atoms with Gasteiger partial charge in [0.25, 0.3) is 0 Å². The number of nitrogens with one attached hydrogen (secondary N) is 1. The van der Waals surface area contributed by atoms with Gasteiger partial charge in [0.2, 0.25) is 0 Å². The molecule has 1 N–H and O–H groups in total. The van der Waals surface area contributed by atoms with Gasteiger partial charge in [-0.25, -0.2) is 14.2 Å². The van der Waals surface area contributed by atoms with Crippen LogP contribution in [0.5, 0.6) is 0 Å². The number of benzene rings is 1. The number of rotatable bonds is 7. The highest BCUT2D eigenvalue weighted by molar-refractivity contribution is 6.21. The van der Waals surface area contributed by atoms with Crippen molar-refractivity contribution in [3.8, 4) is 5.69 Å². The van der Waals surface area contributed by atoms with E-state index in [4.69, 9.17) is 11.6 Å². The largest absolute Gasteiger partial charge is 0.364 e. The molecule has 0 bridgehead atoms. The first-order valence-electron chi connectivity index (χ1n) is 10.8. The molecule has 0 radical (unpaired) electrons. The molecule has 1 aromatic carbocycles. The molecule has 176 valence electrons. The zero-order chi connectivity index (χ0) is 24.7. The maximum Gasteiger partial charge on any atom is 0.364 e. The summed E-state index contributed by atoms with van der Waals surface area (Å²) in [5, 5.41) is 8.43. The number of halogens is 3. The van der Waals surface area contributed by atoms with E-state index >= 15 is 0 Å². The summed E-state index contributed by atoms with van der Waals surface area (Å²) in [5.41, 5.74) is 4.15. The number of fused-ring (bicyclic) bond motifs is 1. The maximum atomic E-state index is 14.3. The van der Waals surface area contributed by atoms with Crippen molar-refractivity contribution in [2.24, 2.45) is 0 Å². The van der Waals surface area contributed by atoms with Gasteiger partial charge in [0.15, 0.2) is 5.65 Å². The molecule has 1 aliphatic carbocycles. The highest BCUT2D eigenvalue weighted by Crippen LogP contribution is 2.35. The SMILES string of the molecule is C=C(Nc1c(C(=C)C)cnn1-c1ccccc1)c1cc2nc(C3=CC=CC3)cc(C(F)(F)Cl)n2n1. The van der Waals surface area contributed by atoms with Crippen molar-refractivity contribution in [3.05, 3.63) is 103 Å². The third-order valence-electron chi connectivity index (χ3n) is 5.63. The molecule has 0 spiro atoms. The fraction of sp³-hybridized carbons (Fsp3) is 0.115. The Morgan fingerprint density at radius 3 is 2.60 bits per heavy atom. The van der Waals surface area contributed by atoms with Crippen LogP contribution >= 0.6 is 11.6 Å².